The predicted octanol–water partition coefficient (Wildman–Crippen LogP) is 1.89. The van der Waals surface area contributed by atoms with Crippen LogP contribution in [0.2, 0.25) is 0 Å². The third-order valence-electron chi connectivity index (χ3n) is 3.53. The number of carbonyl (C=O) groups excluding carboxylic acids is 1. The van der Waals surface area contributed by atoms with E-state index in [9.17, 15) is 13.2 Å². The second-order valence-electron chi connectivity index (χ2n) is 5.52. The van der Waals surface area contributed by atoms with Gasteiger partial charge in [-0.3, -0.25) is 4.79 Å². The molecule has 1 aromatic rings. The molecule has 0 radical (unpaired) electrons. The molecular formula is C13H19NO4S2. The first-order valence-electron chi connectivity index (χ1n) is 6.60. The van der Waals surface area contributed by atoms with Crippen LogP contribution in [0.25, 0.3) is 0 Å². The first-order valence-corrected chi connectivity index (χ1v) is 9.30. The molecule has 0 saturated carbocycles. The fraction of sp³-hybridized carbons (Fsp3) is 0.692. The highest BCUT2D eigenvalue weighted by Crippen LogP contribution is 2.34. The highest BCUT2D eigenvalue weighted by molar-refractivity contribution is 7.91. The van der Waals surface area contributed by atoms with Gasteiger partial charge in [0.2, 0.25) is 0 Å². The highest BCUT2D eigenvalue weighted by Gasteiger charge is 2.36. The lowest BCUT2D eigenvalue weighted by atomic mass is 9.90. The smallest absolute Gasteiger partial charge is 0.317 e. The van der Waals surface area contributed by atoms with Crippen molar-refractivity contribution in [3.05, 3.63) is 16.1 Å². The molecule has 20 heavy (non-hydrogen) atoms. The molecule has 0 amide bonds. The fourth-order valence-corrected chi connectivity index (χ4v) is 5.15. The molecule has 1 aromatic heterocycles. The van der Waals surface area contributed by atoms with E-state index in [1.807, 2.05) is 5.38 Å². The molecule has 1 fully saturated rings. The summed E-state index contributed by atoms with van der Waals surface area (Å²) in [6, 6.07) is 0. The number of rotatable bonds is 4. The van der Waals surface area contributed by atoms with Gasteiger partial charge in [0.05, 0.1) is 28.8 Å². The van der Waals surface area contributed by atoms with Crippen LogP contribution in [0.15, 0.2) is 5.38 Å². The molecule has 2 rings (SSSR count). The van der Waals surface area contributed by atoms with Gasteiger partial charge in [-0.05, 0) is 27.2 Å². The number of sulfone groups is 1. The summed E-state index contributed by atoms with van der Waals surface area (Å²) in [6.07, 6.45) is 0.620. The highest BCUT2D eigenvalue weighted by atomic mass is 32.2. The molecule has 0 aliphatic carbocycles. The van der Waals surface area contributed by atoms with E-state index in [0.29, 0.717) is 18.7 Å². The zero-order valence-corrected chi connectivity index (χ0v) is 13.5. The van der Waals surface area contributed by atoms with Crippen molar-refractivity contribution in [2.24, 2.45) is 0 Å². The van der Waals surface area contributed by atoms with Gasteiger partial charge in [0.15, 0.2) is 9.84 Å². The van der Waals surface area contributed by atoms with Crippen molar-refractivity contribution >= 4 is 27.1 Å². The monoisotopic (exact) mass is 317 g/mol. The van der Waals surface area contributed by atoms with E-state index >= 15 is 0 Å². The minimum Gasteiger partial charge on any atom is -0.465 e. The lowest BCUT2D eigenvalue weighted by Crippen LogP contribution is -2.31. The minimum atomic E-state index is -2.92. The predicted molar refractivity (Wildman–Crippen MR) is 77.8 cm³/mol. The van der Waals surface area contributed by atoms with Gasteiger partial charge in [0.25, 0.3) is 0 Å². The van der Waals surface area contributed by atoms with Gasteiger partial charge in [-0.15, -0.1) is 11.3 Å². The molecule has 7 heteroatoms. The van der Waals surface area contributed by atoms with Crippen LogP contribution in [-0.4, -0.2) is 37.5 Å². The van der Waals surface area contributed by atoms with E-state index in [2.05, 4.69) is 4.98 Å². The Morgan fingerprint density at radius 2 is 2.25 bits per heavy atom. The third-order valence-corrected chi connectivity index (χ3v) is 6.30. The number of aromatic nitrogens is 1. The van der Waals surface area contributed by atoms with E-state index in [1.165, 1.54) is 11.3 Å². The molecule has 1 aliphatic heterocycles. The quantitative estimate of drug-likeness (QED) is 0.793. The summed E-state index contributed by atoms with van der Waals surface area (Å²) in [6.45, 7) is 5.65. The number of carbonyl (C=O) groups is 1. The number of thiazole rings is 1. The van der Waals surface area contributed by atoms with E-state index in [4.69, 9.17) is 4.74 Å². The van der Waals surface area contributed by atoms with Crippen molar-refractivity contribution in [2.45, 2.75) is 38.5 Å². The average molecular weight is 317 g/mol. The van der Waals surface area contributed by atoms with E-state index in [0.717, 1.165) is 5.01 Å². The molecule has 1 atom stereocenters. The fourth-order valence-electron chi connectivity index (χ4n) is 2.17. The Balaban J connectivity index is 2.19. The molecule has 1 unspecified atom stereocenters. The minimum absolute atomic E-state index is 0.0308. The van der Waals surface area contributed by atoms with Gasteiger partial charge in [-0.1, -0.05) is 0 Å². The first-order chi connectivity index (χ1) is 9.26. The van der Waals surface area contributed by atoms with Crippen molar-refractivity contribution in [3.63, 3.8) is 0 Å². The van der Waals surface area contributed by atoms with Gasteiger partial charge in [0, 0.05) is 11.3 Å². The summed E-state index contributed by atoms with van der Waals surface area (Å²) in [5.41, 5.74) is -0.150. The molecule has 0 N–H and O–H groups in total. The van der Waals surface area contributed by atoms with Crippen molar-refractivity contribution in [1.82, 2.24) is 4.98 Å². The Labute approximate surface area is 123 Å². The standard InChI is InChI=1S/C13H19NO4S2/c1-4-18-12(15)13(2,3)10-7-19-11(14-10)9-5-6-20(16,17)8-9/h7,9H,4-6,8H2,1-3H3. The first kappa shape index (κ1) is 15.4. The van der Waals surface area contributed by atoms with Crippen LogP contribution in [0.4, 0.5) is 0 Å². The maximum absolute atomic E-state index is 11.9. The second kappa shape index (κ2) is 5.44. The Morgan fingerprint density at radius 1 is 1.55 bits per heavy atom. The molecule has 1 saturated heterocycles. The summed E-state index contributed by atoms with van der Waals surface area (Å²) in [5, 5.41) is 2.63. The lowest BCUT2D eigenvalue weighted by Gasteiger charge is -2.19. The number of ether oxygens (including phenoxy) is 1. The number of esters is 1. The number of hydrogen-bond acceptors (Lipinski definition) is 6. The van der Waals surface area contributed by atoms with Crippen LogP contribution in [0, 0.1) is 0 Å². The summed E-state index contributed by atoms with van der Waals surface area (Å²) >= 11 is 1.43. The van der Waals surface area contributed by atoms with Crippen LogP contribution in [0.1, 0.15) is 43.8 Å². The average Bonchev–Trinajstić information content (AvgIpc) is 2.95. The molecule has 2 heterocycles. The molecule has 0 aromatic carbocycles. The summed E-state index contributed by atoms with van der Waals surface area (Å²) in [7, 11) is -2.92. The van der Waals surface area contributed by atoms with Gasteiger partial charge >= 0.3 is 5.97 Å². The van der Waals surface area contributed by atoms with Crippen LogP contribution in [-0.2, 0) is 24.8 Å². The van der Waals surface area contributed by atoms with Crippen LogP contribution >= 0.6 is 11.3 Å². The van der Waals surface area contributed by atoms with Crippen molar-refractivity contribution in [2.75, 3.05) is 18.1 Å². The SMILES string of the molecule is CCOC(=O)C(C)(C)c1csc(C2CCS(=O)(=O)C2)n1. The van der Waals surface area contributed by atoms with E-state index in [-0.39, 0.29) is 23.4 Å². The van der Waals surface area contributed by atoms with Crippen LogP contribution in [0.3, 0.4) is 0 Å². The normalized spacial score (nSPS) is 21.9. The Bertz CT molecular complexity index is 604. The van der Waals surface area contributed by atoms with Gasteiger partial charge < -0.3 is 4.74 Å². The van der Waals surface area contributed by atoms with Crippen molar-refractivity contribution in [3.8, 4) is 0 Å². The van der Waals surface area contributed by atoms with Gasteiger partial charge in [0.1, 0.15) is 5.41 Å². The Morgan fingerprint density at radius 3 is 2.80 bits per heavy atom. The second-order valence-corrected chi connectivity index (χ2v) is 8.63. The van der Waals surface area contributed by atoms with Gasteiger partial charge in [-0.25, -0.2) is 13.4 Å². The lowest BCUT2D eigenvalue weighted by molar-refractivity contribution is -0.148. The maximum Gasteiger partial charge on any atom is 0.317 e. The molecular weight excluding hydrogens is 298 g/mol. The summed E-state index contributed by atoms with van der Waals surface area (Å²) in [4.78, 5) is 16.4. The Hall–Kier alpha value is -0.950. The largest absolute Gasteiger partial charge is 0.465 e. The summed E-state index contributed by atoms with van der Waals surface area (Å²) < 4.78 is 28.1. The van der Waals surface area contributed by atoms with Crippen molar-refractivity contribution in [1.29, 1.82) is 0 Å². The maximum atomic E-state index is 11.9. The third kappa shape index (κ3) is 3.03. The Kier molecular flexibility index (Phi) is 4.20. The zero-order chi connectivity index (χ0) is 15.0. The molecule has 5 nitrogen and oxygen atoms in total. The number of nitrogens with zero attached hydrogens (tertiary/aromatic N) is 1. The summed E-state index contributed by atoms with van der Waals surface area (Å²) in [5.74, 6) is 0.0563. The van der Waals surface area contributed by atoms with Crippen molar-refractivity contribution < 1.29 is 17.9 Å². The zero-order valence-electron chi connectivity index (χ0n) is 11.9. The van der Waals surface area contributed by atoms with E-state index < -0.39 is 15.3 Å². The topological polar surface area (TPSA) is 73.3 Å². The van der Waals surface area contributed by atoms with E-state index in [1.54, 1.807) is 20.8 Å². The molecule has 1 aliphatic rings. The molecule has 0 spiro atoms. The molecule has 0 bridgehead atoms. The number of hydrogen-bond donors (Lipinski definition) is 0. The van der Waals surface area contributed by atoms with Crippen LogP contribution in [0.5, 0.6) is 0 Å². The van der Waals surface area contributed by atoms with Crippen LogP contribution < -0.4 is 0 Å². The molecule has 112 valence electrons. The van der Waals surface area contributed by atoms with Gasteiger partial charge in [-0.2, -0.15) is 0 Å².